The van der Waals surface area contributed by atoms with Crippen LogP contribution in [0.1, 0.15) is 73.4 Å². The zero-order valence-corrected chi connectivity index (χ0v) is 30.5. The molecule has 2 saturated carbocycles. The van der Waals surface area contributed by atoms with Crippen LogP contribution in [0, 0.1) is 11.8 Å². The highest BCUT2D eigenvalue weighted by Crippen LogP contribution is 2.44. The molecule has 14 nitrogen and oxygen atoms in total. The number of nitrogens with two attached hydrogens (primary N) is 2. The number of nitrogens with one attached hydrogen (secondary N) is 3. The Kier molecular flexibility index (Phi) is 9.31. The fourth-order valence-electron chi connectivity index (χ4n) is 7.66. The number of hydrogen-bond donors (Lipinski definition) is 5. The lowest BCUT2D eigenvalue weighted by Crippen LogP contribution is -2.48. The molecule has 5 heterocycles. The quantitative estimate of drug-likeness (QED) is 0.146. The van der Waals surface area contributed by atoms with E-state index >= 15 is 0 Å². The van der Waals surface area contributed by atoms with Crippen LogP contribution < -0.4 is 32.3 Å². The Bertz CT molecular complexity index is 1990. The first-order valence-electron chi connectivity index (χ1n) is 18.9. The number of fused-ring (bicyclic) bond motifs is 3. The highest BCUT2D eigenvalue weighted by atomic mass is 16.2. The van der Waals surface area contributed by atoms with E-state index in [-0.39, 0.29) is 47.2 Å². The van der Waals surface area contributed by atoms with Crippen molar-refractivity contribution < 1.29 is 14.4 Å². The van der Waals surface area contributed by atoms with Crippen molar-refractivity contribution >= 4 is 29.1 Å². The van der Waals surface area contributed by atoms with E-state index < -0.39 is 0 Å². The first kappa shape index (κ1) is 34.7. The molecule has 2 saturated heterocycles. The van der Waals surface area contributed by atoms with Gasteiger partial charge in [-0.05, 0) is 62.6 Å². The third kappa shape index (κ3) is 7.45. The summed E-state index contributed by atoms with van der Waals surface area (Å²) in [4.78, 5) is 49.9. The molecular weight excluding hydrogens is 671 g/mol. The predicted octanol–water partition coefficient (Wildman–Crippen LogP) is 3.01. The van der Waals surface area contributed by atoms with Gasteiger partial charge >= 0.3 is 0 Å². The summed E-state index contributed by atoms with van der Waals surface area (Å²) in [5, 5.41) is 14.0. The highest BCUT2D eigenvalue weighted by molar-refractivity contribution is 5.96. The standard InChI is InChI=1S/C39H49N11O3/c1-23-6-5-15-49(18-23)39(53)31-10-3-7-26(43-31)19-48-20-27(21-48)50-33-22-47(2)36-28(29(33)17-42-50)8-4-9-30(36)45-32(35(41)38(52)44-25-13-14-25)16-34(40)46-37(51)24-11-12-24/h3-4,7-10,16-17,23-25,27,45H,5-6,11-15,18-22,40-41H2,1-2H3,(H,44,52)(H,46,51)/b34-16+,35-32+. The third-order valence-electron chi connectivity index (χ3n) is 10.9. The minimum atomic E-state index is -0.382. The van der Waals surface area contributed by atoms with Crippen LogP contribution in [0.15, 0.2) is 65.9 Å². The Balaban J connectivity index is 0.974. The minimum Gasteiger partial charge on any atom is -0.393 e. The number of piperidine rings is 1. The van der Waals surface area contributed by atoms with Gasteiger partial charge in [0.2, 0.25) is 5.91 Å². The molecule has 8 rings (SSSR count). The summed E-state index contributed by atoms with van der Waals surface area (Å²) < 4.78 is 2.15. The molecule has 278 valence electrons. The number of anilines is 2. The number of amides is 3. The number of nitrogens with zero attached hydrogens (tertiary/aromatic N) is 6. The van der Waals surface area contributed by atoms with Crippen molar-refractivity contribution in [2.45, 2.75) is 70.6 Å². The summed E-state index contributed by atoms with van der Waals surface area (Å²) in [5.74, 6) is 0.133. The van der Waals surface area contributed by atoms with Crippen molar-refractivity contribution in [2.75, 3.05) is 43.4 Å². The SMILES string of the molecule is CC1CCCN(C(=O)c2cccc(CN3CC(n4ncc5c4CN(C)c4c(NC(/C=C(\N)NC(=O)C6CC6)=C(/N)C(=O)NC6CC6)cccc4-5)C3)n2)C1. The maximum Gasteiger partial charge on any atom is 0.272 e. The Morgan fingerprint density at radius 1 is 0.981 bits per heavy atom. The smallest absolute Gasteiger partial charge is 0.272 e. The maximum atomic E-state index is 13.2. The van der Waals surface area contributed by atoms with Gasteiger partial charge < -0.3 is 37.2 Å². The normalized spacial score (nSPS) is 20.9. The van der Waals surface area contributed by atoms with Gasteiger partial charge in [0, 0.05) is 68.9 Å². The Hall–Kier alpha value is -5.37. The van der Waals surface area contributed by atoms with Gasteiger partial charge in [-0.3, -0.25) is 24.0 Å². The minimum absolute atomic E-state index is 0.00945. The molecule has 0 spiro atoms. The molecule has 3 aromatic rings. The molecule has 4 fully saturated rings. The molecule has 0 bridgehead atoms. The summed E-state index contributed by atoms with van der Waals surface area (Å²) in [6.45, 7) is 6.76. The van der Waals surface area contributed by atoms with Crippen LogP contribution in [0.2, 0.25) is 0 Å². The monoisotopic (exact) mass is 719 g/mol. The average Bonchev–Trinajstić information content (AvgIpc) is 4.07. The van der Waals surface area contributed by atoms with Gasteiger partial charge in [0.1, 0.15) is 17.2 Å². The summed E-state index contributed by atoms with van der Waals surface area (Å²) in [6, 6.07) is 12.1. The number of aromatic nitrogens is 3. The molecule has 7 N–H and O–H groups in total. The number of carbonyl (C=O) groups is 3. The van der Waals surface area contributed by atoms with E-state index in [9.17, 15) is 14.4 Å². The van der Waals surface area contributed by atoms with Gasteiger partial charge in [-0.1, -0.05) is 25.1 Å². The molecule has 1 unspecified atom stereocenters. The molecule has 0 radical (unpaired) electrons. The van der Waals surface area contributed by atoms with E-state index in [1.165, 1.54) is 12.5 Å². The van der Waals surface area contributed by atoms with Crippen LogP contribution in [-0.2, 0) is 22.7 Å². The molecule has 2 aliphatic carbocycles. The van der Waals surface area contributed by atoms with Crippen molar-refractivity contribution in [1.82, 2.24) is 35.2 Å². The van der Waals surface area contributed by atoms with Crippen molar-refractivity contribution in [1.29, 1.82) is 0 Å². The first-order valence-corrected chi connectivity index (χ1v) is 18.9. The highest BCUT2D eigenvalue weighted by Gasteiger charge is 2.35. The van der Waals surface area contributed by atoms with Crippen molar-refractivity contribution in [3.05, 3.63) is 83.0 Å². The number of likely N-dealkylation sites (tertiary alicyclic amines) is 2. The van der Waals surface area contributed by atoms with Gasteiger partial charge in [-0.15, -0.1) is 0 Å². The number of para-hydroxylation sites is 1. The van der Waals surface area contributed by atoms with Crippen LogP contribution in [0.3, 0.4) is 0 Å². The number of rotatable bonds is 11. The second-order valence-electron chi connectivity index (χ2n) is 15.4. The molecule has 1 atom stereocenters. The zero-order valence-electron chi connectivity index (χ0n) is 30.5. The van der Waals surface area contributed by atoms with Gasteiger partial charge in [0.15, 0.2) is 0 Å². The van der Waals surface area contributed by atoms with Crippen LogP contribution in [0.25, 0.3) is 11.1 Å². The van der Waals surface area contributed by atoms with Crippen molar-refractivity contribution in [3.63, 3.8) is 0 Å². The molecule has 3 amide bonds. The second-order valence-corrected chi connectivity index (χ2v) is 15.4. The Morgan fingerprint density at radius 2 is 1.77 bits per heavy atom. The molecule has 3 aliphatic heterocycles. The Labute approximate surface area is 309 Å². The Morgan fingerprint density at radius 3 is 2.53 bits per heavy atom. The van der Waals surface area contributed by atoms with Crippen LogP contribution >= 0.6 is 0 Å². The summed E-state index contributed by atoms with van der Waals surface area (Å²) >= 11 is 0. The lowest BCUT2D eigenvalue weighted by atomic mass is 9.97. The summed E-state index contributed by atoms with van der Waals surface area (Å²) in [5.41, 5.74) is 19.3. The average molecular weight is 720 g/mol. The lowest BCUT2D eigenvalue weighted by molar-refractivity contribution is -0.121. The number of pyridine rings is 1. The van der Waals surface area contributed by atoms with Gasteiger partial charge in [0.25, 0.3) is 11.8 Å². The summed E-state index contributed by atoms with van der Waals surface area (Å²) in [6.07, 6.45) is 9.21. The van der Waals surface area contributed by atoms with E-state index in [0.29, 0.717) is 30.4 Å². The number of allylic oxidation sites excluding steroid dienone is 1. The molecule has 14 heteroatoms. The molecule has 5 aliphatic rings. The largest absolute Gasteiger partial charge is 0.393 e. The number of carbonyl (C=O) groups excluding carboxylic acids is 3. The van der Waals surface area contributed by atoms with Gasteiger partial charge in [-0.2, -0.15) is 5.10 Å². The van der Waals surface area contributed by atoms with Gasteiger partial charge in [0.05, 0.1) is 47.2 Å². The number of hydrogen-bond acceptors (Lipinski definition) is 10. The van der Waals surface area contributed by atoms with E-state index in [1.807, 2.05) is 48.5 Å². The maximum absolute atomic E-state index is 13.2. The van der Waals surface area contributed by atoms with Crippen molar-refractivity contribution in [2.24, 2.45) is 23.3 Å². The molecule has 53 heavy (non-hydrogen) atoms. The van der Waals surface area contributed by atoms with E-state index in [0.717, 1.165) is 92.2 Å². The second kappa shape index (κ2) is 14.2. The van der Waals surface area contributed by atoms with Crippen LogP contribution in [0.5, 0.6) is 0 Å². The predicted molar refractivity (Wildman–Crippen MR) is 202 cm³/mol. The zero-order chi connectivity index (χ0) is 36.8. The van der Waals surface area contributed by atoms with Crippen LogP contribution in [-0.4, -0.2) is 81.6 Å². The third-order valence-corrected chi connectivity index (χ3v) is 10.9. The summed E-state index contributed by atoms with van der Waals surface area (Å²) in [7, 11) is 2.04. The molecule has 2 aromatic heterocycles. The van der Waals surface area contributed by atoms with E-state index in [1.54, 1.807) is 0 Å². The van der Waals surface area contributed by atoms with Crippen LogP contribution in [0.4, 0.5) is 11.4 Å². The van der Waals surface area contributed by atoms with Gasteiger partial charge in [-0.25, -0.2) is 4.98 Å². The van der Waals surface area contributed by atoms with E-state index in [2.05, 4.69) is 43.4 Å². The fraction of sp³-hybridized carbons (Fsp3) is 0.462. The number of benzene rings is 1. The van der Waals surface area contributed by atoms with Crippen molar-refractivity contribution in [3.8, 4) is 11.1 Å². The first-order chi connectivity index (χ1) is 25.6. The topological polar surface area (TPSA) is 180 Å². The fourth-order valence-corrected chi connectivity index (χ4v) is 7.66. The molecule has 1 aromatic carbocycles. The lowest BCUT2D eigenvalue weighted by Gasteiger charge is -2.40. The van der Waals surface area contributed by atoms with E-state index in [4.69, 9.17) is 21.5 Å². The molecular formula is C39H49N11O3.